The molecule has 1 fully saturated rings. The van der Waals surface area contributed by atoms with Crippen LogP contribution in [0.3, 0.4) is 0 Å². The zero-order valence-corrected chi connectivity index (χ0v) is 14.1. The fourth-order valence-corrected chi connectivity index (χ4v) is 3.30. The summed E-state index contributed by atoms with van der Waals surface area (Å²) < 4.78 is 0. The third-order valence-corrected chi connectivity index (χ3v) is 4.74. The van der Waals surface area contributed by atoms with E-state index in [0.717, 1.165) is 22.2 Å². The number of aliphatic hydroxyl groups is 1. The maximum absolute atomic E-state index is 12.4. The molecule has 2 aromatic carbocycles. The van der Waals surface area contributed by atoms with Gasteiger partial charge in [0.1, 0.15) is 0 Å². The Kier molecular flexibility index (Phi) is 5.04. The molecule has 1 N–H and O–H groups in total. The molecular weight excluding hydrogens is 346 g/mol. The second-order valence-electron chi connectivity index (χ2n) is 5.27. The monoisotopic (exact) mass is 359 g/mol. The van der Waals surface area contributed by atoms with Crippen molar-refractivity contribution in [1.82, 2.24) is 4.90 Å². The predicted octanol–water partition coefficient (Wildman–Crippen LogP) is 4.11. The molecule has 0 aliphatic carbocycles. The third kappa shape index (κ3) is 3.70. The van der Waals surface area contributed by atoms with Gasteiger partial charge in [-0.05, 0) is 41.1 Å². The van der Waals surface area contributed by atoms with E-state index in [2.05, 4.69) is 0 Å². The number of rotatable bonds is 4. The molecule has 6 heteroatoms. The van der Waals surface area contributed by atoms with Crippen molar-refractivity contribution in [3.05, 3.63) is 75.7 Å². The van der Waals surface area contributed by atoms with Crippen LogP contribution in [0.15, 0.2) is 59.5 Å². The number of amides is 2. The van der Waals surface area contributed by atoms with Crippen molar-refractivity contribution in [3.8, 4) is 0 Å². The largest absolute Gasteiger partial charge is 0.387 e. The molecule has 4 nitrogen and oxygen atoms in total. The molecule has 0 spiro atoms. The van der Waals surface area contributed by atoms with Gasteiger partial charge in [-0.1, -0.05) is 54.1 Å². The van der Waals surface area contributed by atoms with Crippen LogP contribution in [0.1, 0.15) is 17.2 Å². The lowest BCUT2D eigenvalue weighted by molar-refractivity contribution is -0.123. The highest BCUT2D eigenvalue weighted by molar-refractivity contribution is 8.18. The van der Waals surface area contributed by atoms with Crippen LogP contribution in [0.25, 0.3) is 6.08 Å². The molecular formula is C18H14ClNO3S. The summed E-state index contributed by atoms with van der Waals surface area (Å²) in [6, 6.07) is 15.9. The van der Waals surface area contributed by atoms with Crippen LogP contribution in [-0.4, -0.2) is 27.7 Å². The molecule has 1 atom stereocenters. The van der Waals surface area contributed by atoms with Gasteiger partial charge in [-0.2, -0.15) is 0 Å². The van der Waals surface area contributed by atoms with Gasteiger partial charge in [-0.3, -0.25) is 14.5 Å². The smallest absolute Gasteiger partial charge is 0.293 e. The second kappa shape index (κ2) is 7.21. The number of imide groups is 1. The van der Waals surface area contributed by atoms with Crippen molar-refractivity contribution >= 4 is 40.6 Å². The first-order valence-electron chi connectivity index (χ1n) is 7.28. The first-order chi connectivity index (χ1) is 11.5. The maximum atomic E-state index is 12.4. The van der Waals surface area contributed by atoms with Gasteiger partial charge in [-0.15, -0.1) is 0 Å². The fourth-order valence-electron chi connectivity index (χ4n) is 2.32. The number of carbonyl (C=O) groups excluding carboxylic acids is 2. The van der Waals surface area contributed by atoms with Gasteiger partial charge in [0, 0.05) is 5.02 Å². The number of nitrogens with zero attached hydrogens (tertiary/aromatic N) is 1. The molecule has 1 saturated heterocycles. The number of aliphatic hydroxyl groups excluding tert-OH is 1. The number of β-amino-alcohol motifs (C(OH)–C–C–N with tert-alkyl or cyclic N) is 1. The maximum Gasteiger partial charge on any atom is 0.293 e. The van der Waals surface area contributed by atoms with Gasteiger partial charge in [0.25, 0.3) is 11.1 Å². The van der Waals surface area contributed by atoms with Gasteiger partial charge in [-0.25, -0.2) is 0 Å². The minimum Gasteiger partial charge on any atom is -0.387 e. The third-order valence-electron chi connectivity index (χ3n) is 3.58. The standard InChI is InChI=1S/C18H14ClNO3S/c19-14-8-6-12(7-9-14)10-16-17(22)20(18(23)24-16)11-15(21)13-4-2-1-3-5-13/h1-10,15,21H,11H2/b16-10+. The lowest BCUT2D eigenvalue weighted by Crippen LogP contribution is -2.32. The highest BCUT2D eigenvalue weighted by Crippen LogP contribution is 2.33. The minimum atomic E-state index is -0.908. The summed E-state index contributed by atoms with van der Waals surface area (Å²) in [5.74, 6) is -0.394. The molecule has 2 aromatic rings. The molecule has 0 saturated carbocycles. The summed E-state index contributed by atoms with van der Waals surface area (Å²) in [5.41, 5.74) is 1.45. The summed E-state index contributed by atoms with van der Waals surface area (Å²) in [5, 5.41) is 10.5. The summed E-state index contributed by atoms with van der Waals surface area (Å²) in [6.45, 7) is -0.0629. The average Bonchev–Trinajstić information content (AvgIpc) is 2.85. The van der Waals surface area contributed by atoms with Crippen LogP contribution in [0.5, 0.6) is 0 Å². The highest BCUT2D eigenvalue weighted by Gasteiger charge is 2.36. The molecule has 1 heterocycles. The zero-order valence-electron chi connectivity index (χ0n) is 12.6. The molecule has 0 aromatic heterocycles. The van der Waals surface area contributed by atoms with E-state index in [1.807, 2.05) is 6.07 Å². The molecule has 0 bridgehead atoms. The van der Waals surface area contributed by atoms with E-state index in [1.54, 1.807) is 54.6 Å². The van der Waals surface area contributed by atoms with Crippen molar-refractivity contribution in [1.29, 1.82) is 0 Å². The second-order valence-corrected chi connectivity index (χ2v) is 6.70. The molecule has 1 unspecified atom stereocenters. The lowest BCUT2D eigenvalue weighted by Gasteiger charge is -2.17. The van der Waals surface area contributed by atoms with Crippen LogP contribution in [0.4, 0.5) is 4.79 Å². The van der Waals surface area contributed by atoms with Gasteiger partial charge in [0.2, 0.25) is 0 Å². The van der Waals surface area contributed by atoms with Crippen LogP contribution in [0.2, 0.25) is 5.02 Å². The Balaban J connectivity index is 1.75. The molecule has 1 aliphatic heterocycles. The van der Waals surface area contributed by atoms with Crippen molar-refractivity contribution in [3.63, 3.8) is 0 Å². The van der Waals surface area contributed by atoms with E-state index in [9.17, 15) is 14.7 Å². The van der Waals surface area contributed by atoms with Crippen LogP contribution in [-0.2, 0) is 4.79 Å². The Labute approximate surface area is 148 Å². The molecule has 3 rings (SSSR count). The van der Waals surface area contributed by atoms with E-state index in [1.165, 1.54) is 0 Å². The van der Waals surface area contributed by atoms with E-state index < -0.39 is 12.0 Å². The molecule has 0 radical (unpaired) electrons. The van der Waals surface area contributed by atoms with Crippen molar-refractivity contribution in [2.24, 2.45) is 0 Å². The lowest BCUT2D eigenvalue weighted by atomic mass is 10.1. The molecule has 2 amide bonds. The minimum absolute atomic E-state index is 0.0629. The number of hydrogen-bond donors (Lipinski definition) is 1. The average molecular weight is 360 g/mol. The Hall–Kier alpha value is -2.08. The molecule has 24 heavy (non-hydrogen) atoms. The van der Waals surface area contributed by atoms with Crippen molar-refractivity contribution in [2.45, 2.75) is 6.10 Å². The van der Waals surface area contributed by atoms with Gasteiger partial charge < -0.3 is 5.11 Å². The van der Waals surface area contributed by atoms with E-state index in [4.69, 9.17) is 11.6 Å². The van der Waals surface area contributed by atoms with Gasteiger partial charge in [0.15, 0.2) is 0 Å². The number of thioether (sulfide) groups is 1. The Morgan fingerprint density at radius 3 is 2.42 bits per heavy atom. The number of carbonyl (C=O) groups is 2. The zero-order chi connectivity index (χ0) is 17.1. The first-order valence-corrected chi connectivity index (χ1v) is 8.48. The highest BCUT2D eigenvalue weighted by atomic mass is 35.5. The quantitative estimate of drug-likeness (QED) is 0.834. The van der Waals surface area contributed by atoms with E-state index in [0.29, 0.717) is 15.5 Å². The van der Waals surface area contributed by atoms with Crippen LogP contribution >= 0.6 is 23.4 Å². The van der Waals surface area contributed by atoms with Crippen LogP contribution in [0, 0.1) is 0 Å². The Bertz CT molecular complexity index is 790. The predicted molar refractivity (Wildman–Crippen MR) is 95.5 cm³/mol. The summed E-state index contributed by atoms with van der Waals surface area (Å²) in [4.78, 5) is 25.9. The van der Waals surface area contributed by atoms with E-state index >= 15 is 0 Å². The normalized spacial score (nSPS) is 17.6. The number of halogens is 1. The number of benzene rings is 2. The van der Waals surface area contributed by atoms with Gasteiger partial charge in [0.05, 0.1) is 17.6 Å². The molecule has 122 valence electrons. The topological polar surface area (TPSA) is 57.6 Å². The summed E-state index contributed by atoms with van der Waals surface area (Å²) in [6.07, 6.45) is 0.741. The summed E-state index contributed by atoms with van der Waals surface area (Å²) >= 11 is 6.71. The SMILES string of the molecule is O=C1S/C(=C/c2ccc(Cl)cc2)C(=O)N1CC(O)c1ccccc1. The Morgan fingerprint density at radius 2 is 1.75 bits per heavy atom. The first kappa shape index (κ1) is 16.8. The Morgan fingerprint density at radius 1 is 1.08 bits per heavy atom. The summed E-state index contributed by atoms with van der Waals surface area (Å²) in [7, 11) is 0. The van der Waals surface area contributed by atoms with Crippen LogP contribution < -0.4 is 0 Å². The van der Waals surface area contributed by atoms with E-state index in [-0.39, 0.29) is 11.8 Å². The van der Waals surface area contributed by atoms with Crippen molar-refractivity contribution < 1.29 is 14.7 Å². The molecule has 1 aliphatic rings. The fraction of sp³-hybridized carbons (Fsp3) is 0.111. The van der Waals surface area contributed by atoms with Gasteiger partial charge >= 0.3 is 0 Å². The number of hydrogen-bond acceptors (Lipinski definition) is 4. The van der Waals surface area contributed by atoms with Crippen molar-refractivity contribution in [2.75, 3.05) is 6.54 Å².